The van der Waals surface area contributed by atoms with Gasteiger partial charge in [-0.3, -0.25) is 4.79 Å². The number of carbonyl (C=O) groups is 1. The summed E-state index contributed by atoms with van der Waals surface area (Å²) in [5.41, 5.74) is 6.77. The number of rotatable bonds is 6. The molecule has 3 heteroatoms. The maximum atomic E-state index is 12.4. The van der Waals surface area contributed by atoms with E-state index in [2.05, 4.69) is 0 Å². The zero-order valence-electron chi connectivity index (χ0n) is 11.7. The number of nitrogens with two attached hydrogens (primary N) is 1. The van der Waals surface area contributed by atoms with Crippen LogP contribution in [0.3, 0.4) is 0 Å². The van der Waals surface area contributed by atoms with Crippen molar-refractivity contribution < 1.29 is 4.79 Å². The molecular formula is C16H24N2O. The highest BCUT2D eigenvalue weighted by atomic mass is 16.2. The fourth-order valence-electron chi connectivity index (χ4n) is 2.38. The van der Waals surface area contributed by atoms with Crippen molar-refractivity contribution in [3.05, 3.63) is 30.3 Å². The second-order valence-electron chi connectivity index (χ2n) is 5.65. The Bertz CT molecular complexity index is 398. The molecule has 2 N–H and O–H groups in total. The standard InChI is InChI=1S/C16H24N2O/c1-13(17)10-11-16(19)18(12-14-6-5-7-14)15-8-3-2-4-9-15/h2-4,8-9,13-14H,5-7,10-12,17H2,1H3. The van der Waals surface area contributed by atoms with Crippen LogP contribution in [-0.2, 0) is 4.79 Å². The Morgan fingerprint density at radius 2 is 2.05 bits per heavy atom. The van der Waals surface area contributed by atoms with Crippen molar-refractivity contribution >= 4 is 11.6 Å². The molecule has 1 atom stereocenters. The molecule has 2 rings (SSSR count). The van der Waals surface area contributed by atoms with Gasteiger partial charge in [0.05, 0.1) is 0 Å². The highest BCUT2D eigenvalue weighted by Crippen LogP contribution is 2.29. The molecule has 1 fully saturated rings. The molecule has 1 unspecified atom stereocenters. The lowest BCUT2D eigenvalue weighted by Crippen LogP contribution is -2.38. The zero-order chi connectivity index (χ0) is 13.7. The Morgan fingerprint density at radius 1 is 1.37 bits per heavy atom. The normalized spacial score (nSPS) is 16.7. The van der Waals surface area contributed by atoms with Crippen molar-refractivity contribution in [2.45, 2.75) is 45.1 Å². The Balaban J connectivity index is 2.02. The largest absolute Gasteiger partial charge is 0.328 e. The molecule has 1 aliphatic carbocycles. The minimum atomic E-state index is 0.0882. The van der Waals surface area contributed by atoms with Crippen LogP contribution in [0.25, 0.3) is 0 Å². The third-order valence-electron chi connectivity index (χ3n) is 3.85. The van der Waals surface area contributed by atoms with Crippen LogP contribution in [0.1, 0.15) is 39.0 Å². The highest BCUT2D eigenvalue weighted by Gasteiger charge is 2.24. The Labute approximate surface area is 115 Å². The Morgan fingerprint density at radius 3 is 2.58 bits per heavy atom. The van der Waals surface area contributed by atoms with Crippen molar-refractivity contribution in [3.8, 4) is 0 Å². The summed E-state index contributed by atoms with van der Waals surface area (Å²) in [6, 6.07) is 10.1. The number of benzene rings is 1. The minimum absolute atomic E-state index is 0.0882. The van der Waals surface area contributed by atoms with E-state index in [1.807, 2.05) is 42.2 Å². The summed E-state index contributed by atoms with van der Waals surface area (Å²) >= 11 is 0. The third-order valence-corrected chi connectivity index (χ3v) is 3.85. The molecule has 0 aliphatic heterocycles. The maximum Gasteiger partial charge on any atom is 0.227 e. The van der Waals surface area contributed by atoms with Gasteiger partial charge >= 0.3 is 0 Å². The van der Waals surface area contributed by atoms with Gasteiger partial charge in [0, 0.05) is 24.7 Å². The summed E-state index contributed by atoms with van der Waals surface area (Å²) in [5.74, 6) is 0.884. The minimum Gasteiger partial charge on any atom is -0.328 e. The first-order valence-corrected chi connectivity index (χ1v) is 7.28. The number of amides is 1. The van der Waals surface area contributed by atoms with E-state index >= 15 is 0 Å². The summed E-state index contributed by atoms with van der Waals surface area (Å²) in [6.07, 6.45) is 5.11. The molecule has 0 saturated heterocycles. The third kappa shape index (κ3) is 4.06. The SMILES string of the molecule is CC(N)CCC(=O)N(CC1CCC1)c1ccccc1. The van der Waals surface area contributed by atoms with Crippen LogP contribution in [0, 0.1) is 5.92 Å². The van der Waals surface area contributed by atoms with Crippen molar-refractivity contribution in [2.24, 2.45) is 11.7 Å². The van der Waals surface area contributed by atoms with Gasteiger partial charge in [0.1, 0.15) is 0 Å². The van der Waals surface area contributed by atoms with Crippen LogP contribution < -0.4 is 10.6 Å². The van der Waals surface area contributed by atoms with Gasteiger partial charge in [-0.2, -0.15) is 0 Å². The van der Waals surface area contributed by atoms with Crippen molar-refractivity contribution in [1.29, 1.82) is 0 Å². The van der Waals surface area contributed by atoms with Crippen LogP contribution in [-0.4, -0.2) is 18.5 Å². The van der Waals surface area contributed by atoms with E-state index in [0.29, 0.717) is 12.3 Å². The van der Waals surface area contributed by atoms with Gasteiger partial charge in [0.2, 0.25) is 5.91 Å². The van der Waals surface area contributed by atoms with Crippen LogP contribution in [0.4, 0.5) is 5.69 Å². The Kier molecular flexibility index (Phi) is 4.97. The van der Waals surface area contributed by atoms with E-state index < -0.39 is 0 Å². The summed E-state index contributed by atoms with van der Waals surface area (Å²) in [6.45, 7) is 2.81. The van der Waals surface area contributed by atoms with Crippen LogP contribution >= 0.6 is 0 Å². The van der Waals surface area contributed by atoms with E-state index in [9.17, 15) is 4.79 Å². The number of hydrogen-bond donors (Lipinski definition) is 1. The molecule has 0 heterocycles. The van der Waals surface area contributed by atoms with E-state index in [4.69, 9.17) is 5.73 Å². The van der Waals surface area contributed by atoms with Gasteiger partial charge in [0.15, 0.2) is 0 Å². The Hall–Kier alpha value is -1.35. The second-order valence-corrected chi connectivity index (χ2v) is 5.65. The van der Waals surface area contributed by atoms with E-state index in [1.54, 1.807) is 0 Å². The van der Waals surface area contributed by atoms with E-state index in [-0.39, 0.29) is 11.9 Å². The van der Waals surface area contributed by atoms with Gasteiger partial charge < -0.3 is 10.6 Å². The van der Waals surface area contributed by atoms with E-state index in [1.165, 1.54) is 19.3 Å². The number of carbonyl (C=O) groups excluding carboxylic acids is 1. The summed E-state index contributed by atoms with van der Waals surface area (Å²) < 4.78 is 0. The molecule has 1 amide bonds. The molecule has 104 valence electrons. The number of nitrogens with zero attached hydrogens (tertiary/aromatic N) is 1. The second kappa shape index (κ2) is 6.71. The van der Waals surface area contributed by atoms with Crippen molar-refractivity contribution in [3.63, 3.8) is 0 Å². The monoisotopic (exact) mass is 260 g/mol. The fraction of sp³-hybridized carbons (Fsp3) is 0.562. The summed E-state index contributed by atoms with van der Waals surface area (Å²) in [4.78, 5) is 14.3. The van der Waals surface area contributed by atoms with Gasteiger partial charge in [-0.25, -0.2) is 0 Å². The quantitative estimate of drug-likeness (QED) is 0.854. The average molecular weight is 260 g/mol. The average Bonchev–Trinajstić information content (AvgIpc) is 2.36. The van der Waals surface area contributed by atoms with Crippen LogP contribution in [0.15, 0.2) is 30.3 Å². The topological polar surface area (TPSA) is 46.3 Å². The molecule has 0 aromatic heterocycles. The van der Waals surface area contributed by atoms with Gasteiger partial charge in [-0.05, 0) is 44.2 Å². The summed E-state index contributed by atoms with van der Waals surface area (Å²) in [7, 11) is 0. The number of para-hydroxylation sites is 1. The van der Waals surface area contributed by atoms with Crippen molar-refractivity contribution in [2.75, 3.05) is 11.4 Å². The smallest absolute Gasteiger partial charge is 0.227 e. The molecule has 1 aliphatic rings. The molecular weight excluding hydrogens is 236 g/mol. The number of anilines is 1. The molecule has 0 spiro atoms. The van der Waals surface area contributed by atoms with Crippen molar-refractivity contribution in [1.82, 2.24) is 0 Å². The lowest BCUT2D eigenvalue weighted by atomic mass is 9.85. The molecule has 1 aromatic rings. The molecule has 3 nitrogen and oxygen atoms in total. The van der Waals surface area contributed by atoms with Crippen LogP contribution in [0.5, 0.6) is 0 Å². The zero-order valence-corrected chi connectivity index (χ0v) is 11.7. The van der Waals surface area contributed by atoms with Gasteiger partial charge in [-0.1, -0.05) is 24.6 Å². The predicted octanol–water partition coefficient (Wildman–Crippen LogP) is 2.95. The first kappa shape index (κ1) is 14.1. The van der Waals surface area contributed by atoms with Gasteiger partial charge in [-0.15, -0.1) is 0 Å². The maximum absolute atomic E-state index is 12.4. The molecule has 1 saturated carbocycles. The summed E-state index contributed by atoms with van der Waals surface area (Å²) in [5, 5.41) is 0. The first-order valence-electron chi connectivity index (χ1n) is 7.28. The van der Waals surface area contributed by atoms with Gasteiger partial charge in [0.25, 0.3) is 0 Å². The lowest BCUT2D eigenvalue weighted by Gasteiger charge is -2.32. The van der Waals surface area contributed by atoms with E-state index in [0.717, 1.165) is 18.7 Å². The number of hydrogen-bond acceptors (Lipinski definition) is 2. The lowest BCUT2D eigenvalue weighted by molar-refractivity contribution is -0.119. The fourth-order valence-corrected chi connectivity index (χ4v) is 2.38. The molecule has 0 radical (unpaired) electrons. The molecule has 1 aromatic carbocycles. The predicted molar refractivity (Wildman–Crippen MR) is 79.0 cm³/mol. The molecule has 19 heavy (non-hydrogen) atoms. The van der Waals surface area contributed by atoms with Crippen LogP contribution in [0.2, 0.25) is 0 Å². The molecule has 0 bridgehead atoms. The highest BCUT2D eigenvalue weighted by molar-refractivity contribution is 5.93. The first-order chi connectivity index (χ1) is 9.16.